The first-order valence-corrected chi connectivity index (χ1v) is 7.28. The van der Waals surface area contributed by atoms with Crippen molar-refractivity contribution in [3.8, 4) is 5.75 Å². The highest BCUT2D eigenvalue weighted by Crippen LogP contribution is 2.35. The normalized spacial score (nSPS) is 10.3. The van der Waals surface area contributed by atoms with Gasteiger partial charge in [0.1, 0.15) is 11.6 Å². The average molecular weight is 355 g/mol. The summed E-state index contributed by atoms with van der Waals surface area (Å²) in [6.45, 7) is 0. The van der Waals surface area contributed by atoms with Crippen molar-refractivity contribution in [3.05, 3.63) is 52.3 Å². The van der Waals surface area contributed by atoms with E-state index in [-0.39, 0.29) is 10.3 Å². The number of nitrogen functional groups attached to an aromatic ring is 1. The van der Waals surface area contributed by atoms with Crippen LogP contribution in [0, 0.1) is 11.2 Å². The van der Waals surface area contributed by atoms with Gasteiger partial charge in [-0.2, -0.15) is 0 Å². The summed E-state index contributed by atoms with van der Waals surface area (Å²) in [5.74, 6) is 0.119. The Balaban J connectivity index is 2.34. The van der Waals surface area contributed by atoms with Gasteiger partial charge in [0.2, 0.25) is 0 Å². The van der Waals surface area contributed by atoms with Gasteiger partial charge in [-0.15, -0.1) is 0 Å². The first-order valence-electron chi connectivity index (χ1n) is 5.67. The van der Waals surface area contributed by atoms with E-state index in [1.165, 1.54) is 11.8 Å². The summed E-state index contributed by atoms with van der Waals surface area (Å²) in [5, 5.41) is 7.38. The van der Waals surface area contributed by atoms with Crippen molar-refractivity contribution in [3.63, 3.8) is 0 Å². The Morgan fingerprint density at radius 2 is 2.10 bits per heavy atom. The number of benzene rings is 2. The van der Waals surface area contributed by atoms with Gasteiger partial charge >= 0.3 is 0 Å². The lowest BCUT2D eigenvalue weighted by Gasteiger charge is -2.09. The molecule has 0 amide bonds. The van der Waals surface area contributed by atoms with E-state index in [2.05, 4.69) is 15.9 Å². The van der Waals surface area contributed by atoms with Crippen molar-refractivity contribution >= 4 is 33.5 Å². The van der Waals surface area contributed by atoms with Crippen molar-refractivity contribution in [2.24, 2.45) is 5.73 Å². The van der Waals surface area contributed by atoms with E-state index in [0.29, 0.717) is 10.5 Å². The molecule has 0 unspecified atom stereocenters. The van der Waals surface area contributed by atoms with Crippen LogP contribution >= 0.6 is 27.7 Å². The number of nitrogens with one attached hydrogen (secondary N) is 1. The smallest absolute Gasteiger partial charge is 0.152 e. The molecule has 0 aliphatic rings. The zero-order valence-corrected chi connectivity index (χ0v) is 13.0. The van der Waals surface area contributed by atoms with E-state index in [4.69, 9.17) is 15.9 Å². The number of amidine groups is 1. The number of hydrogen-bond donors (Lipinski definition) is 2. The molecule has 2 aromatic carbocycles. The van der Waals surface area contributed by atoms with Crippen LogP contribution < -0.4 is 10.5 Å². The molecule has 0 bridgehead atoms. The maximum atomic E-state index is 14.2. The molecule has 3 N–H and O–H groups in total. The lowest BCUT2D eigenvalue weighted by atomic mass is 10.2. The minimum atomic E-state index is -0.425. The SMILES string of the molecule is COc1cccc(Sc2ccc(C(=N)N)c(Br)c2F)c1. The van der Waals surface area contributed by atoms with E-state index >= 15 is 0 Å². The number of nitrogens with two attached hydrogens (primary N) is 1. The number of methoxy groups -OCH3 is 1. The predicted octanol–water partition coefficient (Wildman–Crippen LogP) is 4.03. The van der Waals surface area contributed by atoms with Gasteiger partial charge in [0.05, 0.1) is 11.6 Å². The number of halogens is 2. The molecule has 0 aliphatic heterocycles. The highest BCUT2D eigenvalue weighted by Gasteiger charge is 2.14. The summed E-state index contributed by atoms with van der Waals surface area (Å²) in [5.41, 5.74) is 5.73. The topological polar surface area (TPSA) is 59.1 Å². The van der Waals surface area contributed by atoms with Crippen LogP contribution in [0.3, 0.4) is 0 Å². The maximum absolute atomic E-state index is 14.2. The molecule has 0 fully saturated rings. The summed E-state index contributed by atoms with van der Waals surface area (Å²) in [7, 11) is 1.59. The Bertz CT molecular complexity index is 664. The van der Waals surface area contributed by atoms with Gasteiger partial charge in [-0.25, -0.2) is 4.39 Å². The highest BCUT2D eigenvalue weighted by atomic mass is 79.9. The third kappa shape index (κ3) is 3.13. The molecule has 0 saturated carbocycles. The Morgan fingerprint density at radius 3 is 2.75 bits per heavy atom. The number of hydrogen-bond acceptors (Lipinski definition) is 3. The second-order valence-corrected chi connectivity index (χ2v) is 5.84. The third-order valence-corrected chi connectivity index (χ3v) is 4.41. The first kappa shape index (κ1) is 14.9. The van der Waals surface area contributed by atoms with E-state index in [0.717, 1.165) is 10.6 Å². The Morgan fingerprint density at radius 1 is 1.35 bits per heavy atom. The number of rotatable bonds is 4. The molecule has 0 spiro atoms. The molecule has 2 rings (SSSR count). The second kappa shape index (κ2) is 6.28. The van der Waals surface area contributed by atoms with E-state index < -0.39 is 5.82 Å². The van der Waals surface area contributed by atoms with Gasteiger partial charge in [0, 0.05) is 15.4 Å². The molecular formula is C14H12BrFN2OS. The Hall–Kier alpha value is -1.53. The lowest BCUT2D eigenvalue weighted by Crippen LogP contribution is -2.12. The molecule has 2 aromatic rings. The molecule has 104 valence electrons. The summed E-state index contributed by atoms with van der Waals surface area (Å²) in [4.78, 5) is 1.32. The zero-order valence-electron chi connectivity index (χ0n) is 10.6. The van der Waals surface area contributed by atoms with E-state index in [1.54, 1.807) is 19.2 Å². The molecule has 0 radical (unpaired) electrons. The van der Waals surface area contributed by atoms with Crippen LogP contribution in [0.15, 0.2) is 50.7 Å². The zero-order chi connectivity index (χ0) is 14.7. The van der Waals surface area contributed by atoms with Crippen molar-refractivity contribution in [1.29, 1.82) is 5.41 Å². The number of ether oxygens (including phenoxy) is 1. The summed E-state index contributed by atoms with van der Waals surface area (Å²) in [6.07, 6.45) is 0. The molecule has 3 nitrogen and oxygen atoms in total. The van der Waals surface area contributed by atoms with Crippen LogP contribution in [0.5, 0.6) is 5.75 Å². The quantitative estimate of drug-likeness (QED) is 0.643. The fourth-order valence-corrected chi connectivity index (χ4v) is 3.20. The van der Waals surface area contributed by atoms with Gasteiger partial charge in [-0.05, 0) is 46.3 Å². The van der Waals surface area contributed by atoms with Crippen LogP contribution in [0.4, 0.5) is 4.39 Å². The van der Waals surface area contributed by atoms with Crippen molar-refractivity contribution in [2.75, 3.05) is 7.11 Å². The maximum Gasteiger partial charge on any atom is 0.152 e. The van der Waals surface area contributed by atoms with Gasteiger partial charge in [-0.3, -0.25) is 5.41 Å². The lowest BCUT2D eigenvalue weighted by molar-refractivity contribution is 0.413. The van der Waals surface area contributed by atoms with Crippen molar-refractivity contribution in [2.45, 2.75) is 9.79 Å². The fourth-order valence-electron chi connectivity index (χ4n) is 1.61. The van der Waals surface area contributed by atoms with Crippen LogP contribution in [-0.2, 0) is 0 Å². The minimum absolute atomic E-state index is 0.172. The summed E-state index contributed by atoms with van der Waals surface area (Å²) in [6, 6.07) is 10.6. The molecule has 20 heavy (non-hydrogen) atoms. The largest absolute Gasteiger partial charge is 0.497 e. The highest BCUT2D eigenvalue weighted by molar-refractivity contribution is 9.10. The van der Waals surface area contributed by atoms with Gasteiger partial charge in [-0.1, -0.05) is 17.8 Å². The molecule has 0 atom stereocenters. The molecule has 0 aromatic heterocycles. The van der Waals surface area contributed by atoms with Crippen molar-refractivity contribution < 1.29 is 9.13 Å². The van der Waals surface area contributed by atoms with E-state index in [1.807, 2.05) is 24.3 Å². The van der Waals surface area contributed by atoms with Gasteiger partial charge in [0.25, 0.3) is 0 Å². The van der Waals surface area contributed by atoms with Crippen LogP contribution in [0.25, 0.3) is 0 Å². The molecular weight excluding hydrogens is 343 g/mol. The first-order chi connectivity index (χ1) is 9.52. The molecule has 6 heteroatoms. The van der Waals surface area contributed by atoms with Gasteiger partial charge in [0.15, 0.2) is 5.82 Å². The van der Waals surface area contributed by atoms with Crippen LogP contribution in [-0.4, -0.2) is 12.9 Å². The third-order valence-electron chi connectivity index (χ3n) is 2.61. The summed E-state index contributed by atoms with van der Waals surface area (Å²) >= 11 is 4.42. The Labute approximate surface area is 129 Å². The van der Waals surface area contributed by atoms with Crippen LogP contribution in [0.2, 0.25) is 0 Å². The van der Waals surface area contributed by atoms with Crippen molar-refractivity contribution in [1.82, 2.24) is 0 Å². The fraction of sp³-hybridized carbons (Fsp3) is 0.0714. The summed E-state index contributed by atoms with van der Waals surface area (Å²) < 4.78 is 19.6. The predicted molar refractivity (Wildman–Crippen MR) is 82.2 cm³/mol. The van der Waals surface area contributed by atoms with E-state index in [9.17, 15) is 4.39 Å². The Kier molecular flexibility index (Phi) is 4.67. The van der Waals surface area contributed by atoms with Crippen LogP contribution in [0.1, 0.15) is 5.56 Å². The molecule has 0 heterocycles. The second-order valence-electron chi connectivity index (χ2n) is 3.93. The van der Waals surface area contributed by atoms with Gasteiger partial charge < -0.3 is 10.5 Å². The molecule has 0 saturated heterocycles. The standard InChI is InChI=1S/C14H12BrFN2OS/c1-19-8-3-2-4-9(7-8)20-11-6-5-10(14(17)18)12(15)13(11)16/h2-7H,1H3,(H3,17,18). The minimum Gasteiger partial charge on any atom is -0.497 e. The monoisotopic (exact) mass is 354 g/mol. The average Bonchev–Trinajstić information content (AvgIpc) is 2.44. The molecule has 0 aliphatic carbocycles.